The molecule has 2 aromatic carbocycles. The second-order valence-electron chi connectivity index (χ2n) is 5.52. The maximum absolute atomic E-state index is 9.98. The summed E-state index contributed by atoms with van der Waals surface area (Å²) in [4.78, 5) is 15.9. The molecule has 122 valence electrons. The van der Waals surface area contributed by atoms with E-state index >= 15 is 0 Å². The van der Waals surface area contributed by atoms with Crippen molar-refractivity contribution in [1.29, 1.82) is 0 Å². The molecule has 0 saturated heterocycles. The molecule has 6 nitrogen and oxygen atoms in total. The van der Waals surface area contributed by atoms with E-state index in [0.717, 1.165) is 16.5 Å². The molecule has 0 bridgehead atoms. The summed E-state index contributed by atoms with van der Waals surface area (Å²) in [6, 6.07) is 14.9. The van der Waals surface area contributed by atoms with Gasteiger partial charge in [-0.25, -0.2) is 4.98 Å². The Morgan fingerprint density at radius 2 is 1.72 bits per heavy atom. The Bertz CT molecular complexity index is 1080. The van der Waals surface area contributed by atoms with Crippen molar-refractivity contribution in [2.45, 2.75) is 0 Å². The Balaban J connectivity index is 1.73. The van der Waals surface area contributed by atoms with Gasteiger partial charge in [-0.05, 0) is 35.9 Å². The summed E-state index contributed by atoms with van der Waals surface area (Å²) in [5.74, 6) is 0.965. The zero-order chi connectivity index (χ0) is 17.2. The minimum Gasteiger partial charge on any atom is -0.507 e. The molecule has 2 aromatic heterocycles. The van der Waals surface area contributed by atoms with Crippen molar-refractivity contribution >= 4 is 29.0 Å². The molecule has 0 aliphatic rings. The van der Waals surface area contributed by atoms with Crippen LogP contribution in [-0.2, 0) is 0 Å². The van der Waals surface area contributed by atoms with Crippen LogP contribution in [0.3, 0.4) is 0 Å². The zero-order valence-electron chi connectivity index (χ0n) is 13.2. The Morgan fingerprint density at radius 3 is 2.60 bits per heavy atom. The number of aromatic nitrogens is 4. The molecule has 0 aliphatic carbocycles. The second kappa shape index (κ2) is 6.09. The lowest BCUT2D eigenvalue weighted by molar-refractivity contribution is 0.477. The van der Waals surface area contributed by atoms with Gasteiger partial charge in [0.2, 0.25) is 5.95 Å². The van der Waals surface area contributed by atoms with Gasteiger partial charge in [0.25, 0.3) is 0 Å². The molecule has 4 rings (SSSR count). The average molecular weight is 329 g/mol. The molecule has 0 amide bonds. The third kappa shape index (κ3) is 2.92. The lowest BCUT2D eigenvalue weighted by Gasteiger charge is -2.04. The van der Waals surface area contributed by atoms with Gasteiger partial charge in [-0.3, -0.25) is 0 Å². The average Bonchev–Trinajstić information content (AvgIpc) is 3.03. The van der Waals surface area contributed by atoms with E-state index in [2.05, 4.69) is 19.9 Å². The number of phenols is 1. The first-order valence-electron chi connectivity index (χ1n) is 7.75. The fraction of sp³-hybridized carbons (Fsp3) is 0. The number of nitrogens with two attached hydrogens (primary N) is 1. The molecule has 25 heavy (non-hydrogen) atoms. The summed E-state index contributed by atoms with van der Waals surface area (Å²) in [5, 5.41) is 11.1. The van der Waals surface area contributed by atoms with E-state index in [1.807, 2.05) is 36.5 Å². The van der Waals surface area contributed by atoms with Crippen LogP contribution >= 0.6 is 0 Å². The predicted molar refractivity (Wildman–Crippen MR) is 98.6 cm³/mol. The minimum atomic E-state index is 0.0969. The highest BCUT2D eigenvalue weighted by Gasteiger charge is 2.09. The van der Waals surface area contributed by atoms with Crippen LogP contribution in [0.5, 0.6) is 5.75 Å². The van der Waals surface area contributed by atoms with E-state index in [-0.39, 0.29) is 11.7 Å². The summed E-state index contributed by atoms with van der Waals surface area (Å²) < 4.78 is 0. The number of phenolic OH excluding ortho intramolecular Hbond substituents is 1. The molecular weight excluding hydrogens is 314 g/mol. The fourth-order valence-corrected chi connectivity index (χ4v) is 2.66. The van der Waals surface area contributed by atoms with Crippen LogP contribution in [0.1, 0.15) is 11.4 Å². The SMILES string of the molecule is Nc1nc(/C=C/c2c[nH]c3ccccc23)nc(-c2ccccc2O)n1. The number of nitrogens with one attached hydrogen (secondary N) is 1. The Labute approximate surface area is 143 Å². The minimum absolute atomic E-state index is 0.0969. The standard InChI is InChI=1S/C19H15N5O/c20-19-23-17(22-18(24-19)14-6-2-4-8-16(14)25)10-9-12-11-21-15-7-3-1-5-13(12)15/h1-11,21,25H,(H2,20,22,23,24)/b10-9+. The monoisotopic (exact) mass is 329 g/mol. The summed E-state index contributed by atoms with van der Waals surface area (Å²) in [7, 11) is 0. The number of hydrogen-bond donors (Lipinski definition) is 3. The number of benzene rings is 2. The van der Waals surface area contributed by atoms with Gasteiger partial charge in [-0.1, -0.05) is 30.3 Å². The number of aromatic amines is 1. The molecule has 6 heteroatoms. The Kier molecular flexibility index (Phi) is 3.63. The highest BCUT2D eigenvalue weighted by Crippen LogP contribution is 2.26. The van der Waals surface area contributed by atoms with E-state index in [4.69, 9.17) is 5.73 Å². The smallest absolute Gasteiger partial charge is 0.224 e. The van der Waals surface area contributed by atoms with Crippen LogP contribution in [0.2, 0.25) is 0 Å². The second-order valence-corrected chi connectivity index (χ2v) is 5.52. The van der Waals surface area contributed by atoms with Crippen LogP contribution in [-0.4, -0.2) is 25.0 Å². The maximum atomic E-state index is 9.98. The van der Waals surface area contributed by atoms with Gasteiger partial charge < -0.3 is 15.8 Å². The third-order valence-electron chi connectivity index (χ3n) is 3.85. The van der Waals surface area contributed by atoms with E-state index in [0.29, 0.717) is 17.2 Å². The normalized spacial score (nSPS) is 11.4. The fourth-order valence-electron chi connectivity index (χ4n) is 2.66. The van der Waals surface area contributed by atoms with Crippen molar-refractivity contribution in [3.63, 3.8) is 0 Å². The highest BCUT2D eigenvalue weighted by atomic mass is 16.3. The van der Waals surface area contributed by atoms with Gasteiger partial charge in [-0.15, -0.1) is 0 Å². The van der Waals surface area contributed by atoms with Gasteiger partial charge in [-0.2, -0.15) is 9.97 Å². The lowest BCUT2D eigenvalue weighted by atomic mass is 10.1. The number of rotatable bonds is 3. The number of hydrogen-bond acceptors (Lipinski definition) is 5. The number of nitrogens with zero attached hydrogens (tertiary/aromatic N) is 3. The first-order valence-corrected chi connectivity index (χ1v) is 7.75. The largest absolute Gasteiger partial charge is 0.507 e. The van der Waals surface area contributed by atoms with Gasteiger partial charge in [0.1, 0.15) is 5.75 Å². The van der Waals surface area contributed by atoms with E-state index in [9.17, 15) is 5.11 Å². The molecule has 0 aliphatic heterocycles. The molecule has 0 unspecified atom stereocenters. The summed E-state index contributed by atoms with van der Waals surface area (Å²) in [6.45, 7) is 0. The van der Waals surface area contributed by atoms with Crippen molar-refractivity contribution in [1.82, 2.24) is 19.9 Å². The molecule has 0 spiro atoms. The first kappa shape index (κ1) is 14.9. The lowest BCUT2D eigenvalue weighted by Crippen LogP contribution is -2.02. The number of para-hydroxylation sites is 2. The molecule has 0 radical (unpaired) electrons. The molecule has 0 atom stereocenters. The number of H-pyrrole nitrogens is 1. The number of anilines is 1. The Morgan fingerprint density at radius 1 is 0.920 bits per heavy atom. The molecule has 2 heterocycles. The summed E-state index contributed by atoms with van der Waals surface area (Å²) in [6.07, 6.45) is 5.62. The van der Waals surface area contributed by atoms with Crippen LogP contribution in [0.15, 0.2) is 54.7 Å². The van der Waals surface area contributed by atoms with Crippen molar-refractivity contribution in [3.8, 4) is 17.1 Å². The van der Waals surface area contributed by atoms with Gasteiger partial charge in [0.15, 0.2) is 11.6 Å². The number of fused-ring (bicyclic) bond motifs is 1. The van der Waals surface area contributed by atoms with Crippen molar-refractivity contribution < 1.29 is 5.11 Å². The highest BCUT2D eigenvalue weighted by molar-refractivity contribution is 5.91. The number of nitrogen functional groups attached to an aromatic ring is 1. The van der Waals surface area contributed by atoms with Crippen molar-refractivity contribution in [2.75, 3.05) is 5.73 Å². The van der Waals surface area contributed by atoms with Gasteiger partial charge >= 0.3 is 0 Å². The third-order valence-corrected chi connectivity index (χ3v) is 3.85. The molecule has 0 saturated carbocycles. The quantitative estimate of drug-likeness (QED) is 0.534. The molecule has 4 N–H and O–H groups in total. The van der Waals surface area contributed by atoms with Gasteiger partial charge in [0, 0.05) is 17.1 Å². The van der Waals surface area contributed by atoms with Gasteiger partial charge in [0.05, 0.1) is 5.56 Å². The van der Waals surface area contributed by atoms with E-state index in [1.165, 1.54) is 0 Å². The van der Waals surface area contributed by atoms with E-state index in [1.54, 1.807) is 30.3 Å². The summed E-state index contributed by atoms with van der Waals surface area (Å²) in [5.41, 5.74) is 8.40. The molecular formula is C19H15N5O. The topological polar surface area (TPSA) is 101 Å². The van der Waals surface area contributed by atoms with Crippen LogP contribution in [0.4, 0.5) is 5.95 Å². The summed E-state index contributed by atoms with van der Waals surface area (Å²) >= 11 is 0. The predicted octanol–water partition coefficient (Wildman–Crippen LogP) is 3.48. The van der Waals surface area contributed by atoms with Crippen LogP contribution in [0.25, 0.3) is 34.4 Å². The van der Waals surface area contributed by atoms with Crippen molar-refractivity contribution in [3.05, 3.63) is 66.1 Å². The number of aromatic hydroxyl groups is 1. The Hall–Kier alpha value is -3.67. The van der Waals surface area contributed by atoms with Crippen LogP contribution < -0.4 is 5.73 Å². The van der Waals surface area contributed by atoms with Crippen molar-refractivity contribution in [2.24, 2.45) is 0 Å². The maximum Gasteiger partial charge on any atom is 0.224 e. The first-order chi connectivity index (χ1) is 12.2. The zero-order valence-corrected chi connectivity index (χ0v) is 13.2. The van der Waals surface area contributed by atoms with Crippen LogP contribution in [0, 0.1) is 0 Å². The molecule has 0 fully saturated rings. The van der Waals surface area contributed by atoms with E-state index < -0.39 is 0 Å². The molecule has 4 aromatic rings.